The molecule has 0 aliphatic rings. The average molecular weight is 250 g/mol. The molecule has 2 rings (SSSR count). The molecule has 0 saturated heterocycles. The van der Waals surface area contributed by atoms with E-state index in [-0.39, 0.29) is 11.4 Å². The van der Waals surface area contributed by atoms with Gasteiger partial charge in [-0.15, -0.1) is 0 Å². The van der Waals surface area contributed by atoms with E-state index in [0.29, 0.717) is 17.8 Å². The summed E-state index contributed by atoms with van der Waals surface area (Å²) in [6, 6.07) is 5.22. The van der Waals surface area contributed by atoms with Crippen LogP contribution in [0.25, 0.3) is 11.1 Å². The van der Waals surface area contributed by atoms with Gasteiger partial charge in [-0.2, -0.15) is 0 Å². The fourth-order valence-corrected chi connectivity index (χ4v) is 1.78. The second-order valence-electron chi connectivity index (χ2n) is 4.96. The monoisotopic (exact) mass is 250 g/mol. The number of nitrogens with two attached hydrogens (primary N) is 1. The number of ether oxygens (including phenoxy) is 1. The quantitative estimate of drug-likeness (QED) is 0.842. The normalized spacial score (nSPS) is 12.2. The summed E-state index contributed by atoms with van der Waals surface area (Å²) in [5.74, 6) is -0.359. The molecule has 0 spiro atoms. The van der Waals surface area contributed by atoms with Gasteiger partial charge in [0.2, 0.25) is 0 Å². The van der Waals surface area contributed by atoms with Crippen molar-refractivity contribution in [2.75, 3.05) is 12.8 Å². The van der Waals surface area contributed by atoms with Crippen LogP contribution in [0.4, 0.5) is 5.69 Å². The van der Waals surface area contributed by atoms with E-state index in [1.165, 1.54) is 0 Å². The largest absolute Gasteiger partial charge is 0.419 e. The number of aromatic nitrogens is 1. The molecule has 98 valence electrons. The number of hydrogen-bond donors (Lipinski definition) is 1. The fourth-order valence-electron chi connectivity index (χ4n) is 1.78. The molecule has 1 aromatic heterocycles. The minimum atomic E-state index is -0.359. The Kier molecular flexibility index (Phi) is 3.17. The number of nitrogen functional groups attached to an aromatic ring is 1. The van der Waals surface area contributed by atoms with E-state index in [9.17, 15) is 4.79 Å². The summed E-state index contributed by atoms with van der Waals surface area (Å²) < 4.78 is 12.1. The third-order valence-corrected chi connectivity index (χ3v) is 3.18. The molecule has 0 aliphatic carbocycles. The third kappa shape index (κ3) is 2.41. The van der Waals surface area contributed by atoms with Crippen molar-refractivity contribution >= 4 is 16.8 Å². The predicted molar refractivity (Wildman–Crippen MR) is 70.6 cm³/mol. The molecule has 0 radical (unpaired) electrons. The first-order valence-corrected chi connectivity index (χ1v) is 5.87. The van der Waals surface area contributed by atoms with Crippen molar-refractivity contribution in [2.45, 2.75) is 32.4 Å². The van der Waals surface area contributed by atoms with Gasteiger partial charge in [-0.05, 0) is 32.4 Å². The number of methoxy groups -OCH3 is 1. The van der Waals surface area contributed by atoms with Gasteiger partial charge >= 0.3 is 5.76 Å². The van der Waals surface area contributed by atoms with E-state index in [1.807, 2.05) is 13.8 Å². The first-order chi connectivity index (χ1) is 8.43. The number of rotatable bonds is 4. The third-order valence-electron chi connectivity index (χ3n) is 3.18. The van der Waals surface area contributed by atoms with Crippen LogP contribution < -0.4 is 11.5 Å². The van der Waals surface area contributed by atoms with Gasteiger partial charge in [0.15, 0.2) is 5.58 Å². The number of oxazole rings is 1. The Hall–Kier alpha value is -1.75. The van der Waals surface area contributed by atoms with Crippen LogP contribution in [-0.2, 0) is 11.3 Å². The highest BCUT2D eigenvalue weighted by Gasteiger charge is 2.18. The molecule has 0 saturated carbocycles. The van der Waals surface area contributed by atoms with Crippen LogP contribution in [0.1, 0.15) is 20.3 Å². The van der Waals surface area contributed by atoms with Crippen LogP contribution in [0, 0.1) is 0 Å². The van der Waals surface area contributed by atoms with Crippen LogP contribution in [0.15, 0.2) is 27.4 Å². The van der Waals surface area contributed by atoms with E-state index in [2.05, 4.69) is 0 Å². The van der Waals surface area contributed by atoms with Crippen LogP contribution in [0.2, 0.25) is 0 Å². The highest BCUT2D eigenvalue weighted by atomic mass is 16.5. The van der Waals surface area contributed by atoms with E-state index in [1.54, 1.807) is 29.9 Å². The molecule has 0 atom stereocenters. The number of nitrogens with zero attached hydrogens (tertiary/aromatic N) is 1. The topological polar surface area (TPSA) is 70.4 Å². The van der Waals surface area contributed by atoms with Crippen molar-refractivity contribution in [1.29, 1.82) is 0 Å². The molecule has 0 amide bonds. The summed E-state index contributed by atoms with van der Waals surface area (Å²) in [6.45, 7) is 4.52. The fraction of sp³-hybridized carbons (Fsp3) is 0.462. The van der Waals surface area contributed by atoms with Crippen molar-refractivity contribution in [3.8, 4) is 0 Å². The molecule has 0 aliphatic heterocycles. The second kappa shape index (κ2) is 4.49. The van der Waals surface area contributed by atoms with E-state index < -0.39 is 0 Å². The molecule has 5 nitrogen and oxygen atoms in total. The summed E-state index contributed by atoms with van der Waals surface area (Å²) in [6.07, 6.45) is 0.725. The van der Waals surface area contributed by atoms with Crippen molar-refractivity contribution in [3.63, 3.8) is 0 Å². The van der Waals surface area contributed by atoms with Crippen molar-refractivity contribution < 1.29 is 9.15 Å². The van der Waals surface area contributed by atoms with Gasteiger partial charge in [0.25, 0.3) is 0 Å². The smallest absolute Gasteiger partial charge is 0.408 e. The highest BCUT2D eigenvalue weighted by Crippen LogP contribution is 2.19. The summed E-state index contributed by atoms with van der Waals surface area (Å²) in [4.78, 5) is 11.8. The van der Waals surface area contributed by atoms with Gasteiger partial charge in [-0.1, -0.05) is 0 Å². The Morgan fingerprint density at radius 1 is 1.44 bits per heavy atom. The maximum Gasteiger partial charge on any atom is 0.419 e. The number of benzene rings is 1. The van der Waals surface area contributed by atoms with Crippen molar-refractivity contribution in [1.82, 2.24) is 4.57 Å². The Labute approximate surface area is 105 Å². The molecular formula is C13H18N2O3. The number of aryl methyl sites for hydroxylation is 1. The lowest BCUT2D eigenvalue weighted by Crippen LogP contribution is -2.26. The Balaban J connectivity index is 2.34. The summed E-state index contributed by atoms with van der Waals surface area (Å²) in [7, 11) is 1.66. The minimum Gasteiger partial charge on any atom is -0.408 e. The van der Waals surface area contributed by atoms with E-state index in [0.717, 1.165) is 11.9 Å². The molecule has 1 heterocycles. The van der Waals surface area contributed by atoms with Gasteiger partial charge in [0, 0.05) is 25.4 Å². The predicted octanol–water partition coefficient (Wildman–Crippen LogP) is 1.99. The zero-order chi connectivity index (χ0) is 13.3. The maximum atomic E-state index is 11.8. The standard InChI is InChI=1S/C13H18N2O3/c1-13(2,17-3)6-7-15-10-5-4-9(14)8-11(10)18-12(15)16/h4-5,8H,6-7,14H2,1-3H3. The lowest BCUT2D eigenvalue weighted by Gasteiger charge is -2.22. The van der Waals surface area contributed by atoms with Crippen LogP contribution >= 0.6 is 0 Å². The van der Waals surface area contributed by atoms with Gasteiger partial charge in [0.05, 0.1) is 11.1 Å². The lowest BCUT2D eigenvalue weighted by molar-refractivity contribution is 0.0119. The first kappa shape index (κ1) is 12.7. The summed E-state index contributed by atoms with van der Waals surface area (Å²) in [5, 5.41) is 0. The Morgan fingerprint density at radius 2 is 2.17 bits per heavy atom. The van der Waals surface area contributed by atoms with Gasteiger partial charge in [-0.25, -0.2) is 4.79 Å². The number of anilines is 1. The van der Waals surface area contributed by atoms with Crippen molar-refractivity contribution in [2.24, 2.45) is 0 Å². The average Bonchev–Trinajstić information content (AvgIpc) is 2.61. The molecule has 2 aromatic rings. The molecule has 18 heavy (non-hydrogen) atoms. The van der Waals surface area contributed by atoms with Crippen molar-refractivity contribution in [3.05, 3.63) is 28.7 Å². The molecule has 5 heteroatoms. The Bertz CT molecular complexity index is 610. The zero-order valence-corrected chi connectivity index (χ0v) is 10.9. The molecule has 2 N–H and O–H groups in total. The summed E-state index contributed by atoms with van der Waals surface area (Å²) in [5.41, 5.74) is 7.26. The molecule has 1 aromatic carbocycles. The zero-order valence-electron chi connectivity index (χ0n) is 10.9. The number of hydrogen-bond acceptors (Lipinski definition) is 4. The van der Waals surface area contributed by atoms with E-state index >= 15 is 0 Å². The molecule has 0 fully saturated rings. The van der Waals surface area contributed by atoms with Crippen LogP contribution in [-0.4, -0.2) is 17.3 Å². The second-order valence-corrected chi connectivity index (χ2v) is 4.96. The summed E-state index contributed by atoms with van der Waals surface area (Å²) >= 11 is 0. The first-order valence-electron chi connectivity index (χ1n) is 5.87. The van der Waals surface area contributed by atoms with E-state index in [4.69, 9.17) is 14.9 Å². The molecular weight excluding hydrogens is 232 g/mol. The SMILES string of the molecule is COC(C)(C)CCn1c(=O)oc2cc(N)ccc21. The van der Waals surface area contributed by atoms with Gasteiger partial charge in [-0.3, -0.25) is 4.57 Å². The minimum absolute atomic E-state index is 0.267. The maximum absolute atomic E-state index is 11.8. The molecule has 0 unspecified atom stereocenters. The van der Waals surface area contributed by atoms with Gasteiger partial charge in [0.1, 0.15) is 0 Å². The van der Waals surface area contributed by atoms with Gasteiger partial charge < -0.3 is 14.9 Å². The molecule has 0 bridgehead atoms. The van der Waals surface area contributed by atoms with Crippen LogP contribution in [0.3, 0.4) is 0 Å². The Morgan fingerprint density at radius 3 is 2.83 bits per heavy atom. The number of fused-ring (bicyclic) bond motifs is 1. The lowest BCUT2D eigenvalue weighted by atomic mass is 10.1. The van der Waals surface area contributed by atoms with Crippen LogP contribution in [0.5, 0.6) is 0 Å². The highest BCUT2D eigenvalue weighted by molar-refractivity contribution is 5.76.